The van der Waals surface area contributed by atoms with Gasteiger partial charge in [0.05, 0.1) is 18.5 Å². The second kappa shape index (κ2) is 10.4. The molecule has 35 heavy (non-hydrogen) atoms. The molecule has 3 aromatic rings. The van der Waals surface area contributed by atoms with Crippen LogP contribution in [-0.2, 0) is 4.79 Å². The highest BCUT2D eigenvalue weighted by atomic mass is 16.3. The fourth-order valence-electron chi connectivity index (χ4n) is 4.96. The van der Waals surface area contributed by atoms with E-state index in [0.717, 1.165) is 74.5 Å². The number of nitrogens with zero attached hydrogens (tertiary/aromatic N) is 6. The molecule has 184 valence electrons. The number of H-pyrrole nitrogens is 1. The Morgan fingerprint density at radius 1 is 1.20 bits per heavy atom. The lowest BCUT2D eigenvalue weighted by Crippen LogP contribution is -2.47. The number of aliphatic hydroxyl groups is 1. The first-order valence-corrected chi connectivity index (χ1v) is 12.2. The van der Waals surface area contributed by atoms with E-state index in [0.29, 0.717) is 12.5 Å². The number of carbonyl (C=O) groups is 1. The normalized spacial score (nSPS) is 19.2. The number of β-amino-alcohol motifs (C(OH)–C–C–N with tert-alkyl or cyclic N) is 1. The van der Waals surface area contributed by atoms with E-state index >= 15 is 0 Å². The van der Waals surface area contributed by atoms with Crippen molar-refractivity contribution in [3.63, 3.8) is 0 Å². The van der Waals surface area contributed by atoms with Crippen LogP contribution in [0.5, 0.6) is 0 Å². The SMILES string of the molecule is C=CC(=O)N1CCCC(c2n[nH]c3cnc(Nc4ccc(N5CCN(CCO)CC5)cc4)nc23)C1. The zero-order valence-corrected chi connectivity index (χ0v) is 19.9. The van der Waals surface area contributed by atoms with E-state index < -0.39 is 0 Å². The van der Waals surface area contributed by atoms with Gasteiger partial charge in [-0.3, -0.25) is 14.8 Å². The summed E-state index contributed by atoms with van der Waals surface area (Å²) in [5.74, 6) is 0.601. The summed E-state index contributed by atoms with van der Waals surface area (Å²) in [7, 11) is 0. The van der Waals surface area contributed by atoms with Crippen molar-refractivity contribution >= 4 is 34.3 Å². The Morgan fingerprint density at radius 3 is 2.74 bits per heavy atom. The summed E-state index contributed by atoms with van der Waals surface area (Å²) < 4.78 is 0. The van der Waals surface area contributed by atoms with Crippen LogP contribution in [-0.4, -0.2) is 93.4 Å². The van der Waals surface area contributed by atoms with E-state index in [1.54, 1.807) is 6.20 Å². The summed E-state index contributed by atoms with van der Waals surface area (Å²) in [6, 6.07) is 8.30. The molecule has 10 heteroatoms. The lowest BCUT2D eigenvalue weighted by atomic mass is 9.94. The van der Waals surface area contributed by atoms with E-state index in [1.165, 1.54) is 11.8 Å². The molecule has 1 unspecified atom stereocenters. The number of amides is 1. The molecule has 1 atom stereocenters. The number of piperazine rings is 1. The van der Waals surface area contributed by atoms with Crippen LogP contribution < -0.4 is 10.2 Å². The van der Waals surface area contributed by atoms with Crippen LogP contribution >= 0.6 is 0 Å². The molecule has 5 rings (SSSR count). The third-order valence-corrected chi connectivity index (χ3v) is 6.90. The van der Waals surface area contributed by atoms with Crippen molar-refractivity contribution in [3.05, 3.63) is 48.8 Å². The van der Waals surface area contributed by atoms with Gasteiger partial charge in [-0.2, -0.15) is 5.10 Å². The second-order valence-electron chi connectivity index (χ2n) is 9.12. The Kier molecular flexibility index (Phi) is 6.91. The number of likely N-dealkylation sites (tertiary alicyclic amines) is 1. The largest absolute Gasteiger partial charge is 0.395 e. The Bertz CT molecular complexity index is 1170. The standard InChI is InChI=1S/C25H32N8O2/c1-2-22(35)33-9-3-4-18(17-33)23-24-21(29-30-23)16-26-25(28-24)27-19-5-7-20(8-6-19)32-12-10-31(11-13-32)14-15-34/h2,5-8,16,18,34H,1,3-4,9-15,17H2,(H,29,30)(H,26,27,28). The quantitative estimate of drug-likeness (QED) is 0.445. The molecular formula is C25H32N8O2. The molecule has 0 spiro atoms. The second-order valence-corrected chi connectivity index (χ2v) is 9.12. The van der Waals surface area contributed by atoms with Crippen LogP contribution in [0.15, 0.2) is 43.1 Å². The number of hydrogen-bond acceptors (Lipinski definition) is 8. The van der Waals surface area contributed by atoms with Crippen LogP contribution in [0.25, 0.3) is 11.0 Å². The van der Waals surface area contributed by atoms with Gasteiger partial charge in [-0.15, -0.1) is 0 Å². The maximum absolute atomic E-state index is 12.1. The third-order valence-electron chi connectivity index (χ3n) is 6.90. The number of rotatable bonds is 7. The van der Waals surface area contributed by atoms with Crippen molar-refractivity contribution in [2.75, 3.05) is 62.6 Å². The summed E-state index contributed by atoms with van der Waals surface area (Å²) in [5, 5.41) is 20.0. The fourth-order valence-corrected chi connectivity index (χ4v) is 4.96. The molecule has 4 heterocycles. The molecule has 1 amide bonds. The van der Waals surface area contributed by atoms with E-state index in [4.69, 9.17) is 10.1 Å². The molecule has 1 aromatic carbocycles. The van der Waals surface area contributed by atoms with Gasteiger partial charge in [0.2, 0.25) is 11.9 Å². The zero-order chi connectivity index (χ0) is 24.2. The molecule has 2 fully saturated rings. The number of hydrogen-bond donors (Lipinski definition) is 3. The average Bonchev–Trinajstić information content (AvgIpc) is 3.33. The monoisotopic (exact) mass is 476 g/mol. The average molecular weight is 477 g/mol. The fraction of sp³-hybridized carbons (Fsp3) is 0.440. The van der Waals surface area contributed by atoms with Crippen molar-refractivity contribution < 1.29 is 9.90 Å². The van der Waals surface area contributed by atoms with Gasteiger partial charge in [0.25, 0.3) is 0 Å². The molecule has 0 saturated carbocycles. The summed E-state index contributed by atoms with van der Waals surface area (Å²) in [4.78, 5) is 27.8. The van der Waals surface area contributed by atoms with Crippen molar-refractivity contribution in [3.8, 4) is 0 Å². The first kappa shape index (κ1) is 23.3. The zero-order valence-electron chi connectivity index (χ0n) is 19.9. The topological polar surface area (TPSA) is 114 Å². The number of fused-ring (bicyclic) bond motifs is 1. The lowest BCUT2D eigenvalue weighted by molar-refractivity contribution is -0.127. The van der Waals surface area contributed by atoms with E-state index in [2.05, 4.69) is 49.0 Å². The number of aromatic amines is 1. The van der Waals surface area contributed by atoms with Gasteiger partial charge in [-0.05, 0) is 43.2 Å². The van der Waals surface area contributed by atoms with Crippen molar-refractivity contribution in [2.45, 2.75) is 18.8 Å². The van der Waals surface area contributed by atoms with E-state index in [-0.39, 0.29) is 18.4 Å². The summed E-state index contributed by atoms with van der Waals surface area (Å²) in [6.45, 7) is 9.76. The maximum Gasteiger partial charge on any atom is 0.245 e. The number of anilines is 3. The molecule has 2 saturated heterocycles. The predicted octanol–water partition coefficient (Wildman–Crippen LogP) is 2.10. The summed E-state index contributed by atoms with van der Waals surface area (Å²) in [5.41, 5.74) is 4.55. The van der Waals surface area contributed by atoms with Gasteiger partial charge >= 0.3 is 0 Å². The van der Waals surface area contributed by atoms with Gasteiger partial charge < -0.3 is 20.2 Å². The lowest BCUT2D eigenvalue weighted by Gasteiger charge is -2.35. The van der Waals surface area contributed by atoms with Crippen molar-refractivity contribution in [1.82, 2.24) is 30.0 Å². The number of aromatic nitrogens is 4. The maximum atomic E-state index is 12.1. The van der Waals surface area contributed by atoms with Crippen LogP contribution in [0.4, 0.5) is 17.3 Å². The first-order valence-electron chi connectivity index (χ1n) is 12.2. The molecule has 0 aliphatic carbocycles. The molecule has 2 aromatic heterocycles. The van der Waals surface area contributed by atoms with Crippen LogP contribution in [0.3, 0.4) is 0 Å². The van der Waals surface area contributed by atoms with Crippen LogP contribution in [0.2, 0.25) is 0 Å². The Balaban J connectivity index is 1.27. The smallest absolute Gasteiger partial charge is 0.245 e. The minimum atomic E-state index is -0.0398. The van der Waals surface area contributed by atoms with E-state index in [1.807, 2.05) is 17.0 Å². The Hall–Kier alpha value is -3.50. The van der Waals surface area contributed by atoms with Gasteiger partial charge in [-0.1, -0.05) is 6.58 Å². The molecule has 10 nitrogen and oxygen atoms in total. The Morgan fingerprint density at radius 2 is 2.00 bits per heavy atom. The van der Waals surface area contributed by atoms with Gasteiger partial charge in [0, 0.05) is 63.1 Å². The summed E-state index contributed by atoms with van der Waals surface area (Å²) in [6.07, 6.45) is 5.01. The third kappa shape index (κ3) is 5.13. The predicted molar refractivity (Wildman–Crippen MR) is 136 cm³/mol. The molecular weight excluding hydrogens is 444 g/mol. The highest BCUT2D eigenvalue weighted by Crippen LogP contribution is 2.30. The molecule has 0 bridgehead atoms. The molecule has 0 radical (unpaired) electrons. The number of piperidine rings is 1. The van der Waals surface area contributed by atoms with Gasteiger partial charge in [0.1, 0.15) is 11.0 Å². The number of carbonyl (C=O) groups excluding carboxylic acids is 1. The van der Waals surface area contributed by atoms with Crippen molar-refractivity contribution in [1.29, 1.82) is 0 Å². The summed E-state index contributed by atoms with van der Waals surface area (Å²) >= 11 is 0. The van der Waals surface area contributed by atoms with Gasteiger partial charge in [0.15, 0.2) is 0 Å². The molecule has 2 aliphatic rings. The number of nitrogens with one attached hydrogen (secondary N) is 2. The minimum absolute atomic E-state index is 0.0398. The molecule has 3 N–H and O–H groups in total. The molecule has 2 aliphatic heterocycles. The minimum Gasteiger partial charge on any atom is -0.395 e. The van der Waals surface area contributed by atoms with Crippen LogP contribution in [0.1, 0.15) is 24.5 Å². The Labute approximate surface area is 204 Å². The highest BCUT2D eigenvalue weighted by molar-refractivity contribution is 5.87. The van der Waals surface area contributed by atoms with Gasteiger partial charge in [-0.25, -0.2) is 9.97 Å². The van der Waals surface area contributed by atoms with Crippen molar-refractivity contribution in [2.24, 2.45) is 0 Å². The highest BCUT2D eigenvalue weighted by Gasteiger charge is 2.27. The van der Waals surface area contributed by atoms with Crippen LogP contribution in [0, 0.1) is 0 Å². The number of benzene rings is 1. The first-order chi connectivity index (χ1) is 17.1. The number of aliphatic hydroxyl groups excluding tert-OH is 1. The van der Waals surface area contributed by atoms with E-state index in [9.17, 15) is 4.79 Å².